The number of nitrogens with two attached hydrogens (primary N) is 1. The predicted octanol–water partition coefficient (Wildman–Crippen LogP) is 6.13. The van der Waals surface area contributed by atoms with Gasteiger partial charge in [0.25, 0.3) is 16.3 Å². The van der Waals surface area contributed by atoms with Crippen molar-refractivity contribution in [2.75, 3.05) is 47.6 Å². The van der Waals surface area contributed by atoms with Crippen molar-refractivity contribution in [1.29, 1.82) is 5.26 Å². The van der Waals surface area contributed by atoms with Gasteiger partial charge >= 0.3 is 10.0 Å². The molecule has 360 valence electrons. The molecular weight excluding hydrogens is 877 g/mol. The van der Waals surface area contributed by atoms with Crippen molar-refractivity contribution < 1.29 is 35.6 Å². The number of quaternary nitrogens is 2. The summed E-state index contributed by atoms with van der Waals surface area (Å²) in [5.41, 5.74) is 12.7. The Hall–Kier alpha value is -4.80. The highest BCUT2D eigenvalue weighted by atomic mass is 32.2. The van der Waals surface area contributed by atoms with Crippen molar-refractivity contribution in [3.63, 3.8) is 0 Å². The SMILES string of the molecule is CC(C)n1nc(S(=O)(=O)N=C([O-])Nc2c3c(cc4c2CCC4)CCC3)cc1C(C)[N+](C)(C)C.CC(C)n1nc(S(N)(=O)=O)cc1C(C)[N+](C)(C)C.N#COc1c2c(cc3c1CCC3)CCC2. The minimum absolute atomic E-state index is 0.00664. The maximum absolute atomic E-state index is 13.1. The number of hydrogen-bond donors (Lipinski definition) is 2. The molecule has 0 saturated carbocycles. The highest BCUT2D eigenvalue weighted by Gasteiger charge is 2.32. The molecule has 3 N–H and O–H groups in total. The molecule has 18 heteroatoms. The zero-order valence-electron chi connectivity index (χ0n) is 41.0. The molecule has 2 atom stereocenters. The predicted molar refractivity (Wildman–Crippen MR) is 255 cm³/mol. The van der Waals surface area contributed by atoms with E-state index < -0.39 is 26.1 Å². The molecule has 0 amide bonds. The first-order valence-corrected chi connectivity index (χ1v) is 26.2. The lowest BCUT2D eigenvalue weighted by atomic mass is 9.99. The van der Waals surface area contributed by atoms with E-state index in [2.05, 4.69) is 53.2 Å². The van der Waals surface area contributed by atoms with Gasteiger partial charge in [-0.2, -0.15) is 23.0 Å². The molecule has 16 nitrogen and oxygen atoms in total. The molecule has 0 spiro atoms. The molecule has 4 aliphatic carbocycles. The fourth-order valence-corrected chi connectivity index (χ4v) is 10.8. The Bertz CT molecular complexity index is 2690. The van der Waals surface area contributed by atoms with Crippen LogP contribution < -0.4 is 20.3 Å². The van der Waals surface area contributed by atoms with Gasteiger partial charge in [0, 0.05) is 29.9 Å². The summed E-state index contributed by atoms with van der Waals surface area (Å²) in [4.78, 5) is 0. The quantitative estimate of drug-likeness (QED) is 0.0761. The second kappa shape index (κ2) is 19.4. The van der Waals surface area contributed by atoms with Crippen LogP contribution in [-0.4, -0.2) is 93.7 Å². The fourth-order valence-electron chi connectivity index (χ4n) is 9.47. The van der Waals surface area contributed by atoms with Gasteiger partial charge in [-0.3, -0.25) is 9.36 Å². The lowest BCUT2D eigenvalue weighted by Crippen LogP contribution is -2.38. The zero-order valence-corrected chi connectivity index (χ0v) is 42.7. The third-order valence-corrected chi connectivity index (χ3v) is 15.6. The molecular formula is C48H71N10O6S2+. The number of nitrogens with zero attached hydrogens (tertiary/aromatic N) is 8. The number of benzene rings is 2. The van der Waals surface area contributed by atoms with Gasteiger partial charge in [0.05, 0.1) is 59.7 Å². The minimum Gasteiger partial charge on any atom is -0.845 e. The topological polar surface area (TPSA) is 210 Å². The van der Waals surface area contributed by atoms with E-state index in [1.54, 1.807) is 21.5 Å². The van der Waals surface area contributed by atoms with E-state index in [0.717, 1.165) is 98.2 Å². The molecule has 0 radical (unpaired) electrons. The van der Waals surface area contributed by atoms with Crippen LogP contribution in [0.4, 0.5) is 5.69 Å². The monoisotopic (exact) mass is 947 g/mol. The smallest absolute Gasteiger partial charge is 0.302 e. The minimum atomic E-state index is -4.25. The Labute approximate surface area is 392 Å². The summed E-state index contributed by atoms with van der Waals surface area (Å²) < 4.78 is 62.4. The number of sulfonamides is 2. The standard InChI is InChI=1S/C24H35N5O3S.C13H13NO.C11H23N4O2S/c1-15(2)28-21(16(3)29(4,5)6)14-22(26-28)33(31,32)27-24(30)25-23-19-11-7-9-17(19)13-18-10-8-12-20(18)23;14-8-15-13-11-5-1-3-9(11)7-10-4-2-6-12(10)13;1-8(2)14-10(9(3)15(4,5)6)7-11(13-14)18(12,16)17/h13-16H,7-12H2,1-6H3,(H-,25,27,30);7H,1-6H2;7-9H,1-6H3,(H2,12,16,17)/q;;+1. The number of fused-ring (bicyclic) bond motifs is 4. The molecule has 4 aliphatic rings. The van der Waals surface area contributed by atoms with Gasteiger partial charge in [0.1, 0.15) is 17.8 Å². The molecule has 0 bridgehead atoms. The number of primary sulfonamides is 1. The van der Waals surface area contributed by atoms with Crippen LogP contribution in [0.5, 0.6) is 5.75 Å². The fraction of sp³-hybridized carbons (Fsp3) is 0.583. The van der Waals surface area contributed by atoms with E-state index in [9.17, 15) is 21.9 Å². The Morgan fingerprint density at radius 2 is 1.06 bits per heavy atom. The molecule has 2 heterocycles. The lowest BCUT2D eigenvalue weighted by molar-refractivity contribution is -0.900. The van der Waals surface area contributed by atoms with E-state index in [1.807, 2.05) is 68.9 Å². The highest BCUT2D eigenvalue weighted by molar-refractivity contribution is 7.90. The summed E-state index contributed by atoms with van der Waals surface area (Å²) >= 11 is 0. The Balaban J connectivity index is 0.000000182. The van der Waals surface area contributed by atoms with Crippen LogP contribution in [0.2, 0.25) is 0 Å². The van der Waals surface area contributed by atoms with Gasteiger partial charge < -0.3 is 24.1 Å². The molecule has 4 aromatic rings. The molecule has 2 aromatic heterocycles. The lowest BCUT2D eigenvalue weighted by Gasteiger charge is -2.32. The first kappa shape index (κ1) is 50.6. The van der Waals surface area contributed by atoms with Crippen molar-refractivity contribution in [2.24, 2.45) is 9.54 Å². The van der Waals surface area contributed by atoms with Crippen molar-refractivity contribution in [2.45, 2.75) is 153 Å². The number of ether oxygens (including phenoxy) is 1. The highest BCUT2D eigenvalue weighted by Crippen LogP contribution is 2.41. The van der Waals surface area contributed by atoms with Crippen LogP contribution in [0, 0.1) is 11.5 Å². The van der Waals surface area contributed by atoms with Crippen LogP contribution in [0.3, 0.4) is 0 Å². The van der Waals surface area contributed by atoms with Crippen LogP contribution in [0.25, 0.3) is 0 Å². The third-order valence-electron chi connectivity index (χ3n) is 13.7. The van der Waals surface area contributed by atoms with Crippen molar-refractivity contribution >= 4 is 31.8 Å². The van der Waals surface area contributed by atoms with Gasteiger partial charge in [-0.1, -0.05) is 12.1 Å². The summed E-state index contributed by atoms with van der Waals surface area (Å²) in [7, 11) is 4.30. The maximum Gasteiger partial charge on any atom is 0.302 e. The summed E-state index contributed by atoms with van der Waals surface area (Å²) in [5, 5.41) is 37.7. The largest absolute Gasteiger partial charge is 0.845 e. The van der Waals surface area contributed by atoms with E-state index in [1.165, 1.54) is 46.2 Å². The second-order valence-electron chi connectivity index (χ2n) is 20.6. The van der Waals surface area contributed by atoms with Gasteiger partial charge in [0.15, 0.2) is 10.1 Å². The number of nitriles is 1. The number of anilines is 1. The first-order valence-electron chi connectivity index (χ1n) is 23.2. The van der Waals surface area contributed by atoms with E-state index in [-0.39, 0.29) is 34.2 Å². The van der Waals surface area contributed by atoms with Crippen molar-refractivity contribution in [1.82, 2.24) is 19.6 Å². The molecule has 0 saturated heterocycles. The summed E-state index contributed by atoms with van der Waals surface area (Å²) in [6, 6.07) is 7.07. The normalized spacial score (nSPS) is 16.7. The van der Waals surface area contributed by atoms with Gasteiger partial charge in [-0.15, -0.1) is 5.26 Å². The van der Waals surface area contributed by atoms with E-state index in [4.69, 9.17) is 15.1 Å². The average molecular weight is 948 g/mol. The molecule has 0 fully saturated rings. The van der Waals surface area contributed by atoms with Crippen LogP contribution in [0.1, 0.15) is 147 Å². The maximum atomic E-state index is 13.1. The van der Waals surface area contributed by atoms with Crippen LogP contribution in [-0.2, 0) is 71.4 Å². The van der Waals surface area contributed by atoms with E-state index in [0.29, 0.717) is 8.97 Å². The number of rotatable bonds is 11. The van der Waals surface area contributed by atoms with Crippen molar-refractivity contribution in [3.8, 4) is 12.0 Å². The third kappa shape index (κ3) is 11.0. The van der Waals surface area contributed by atoms with Crippen LogP contribution >= 0.6 is 0 Å². The number of amidine groups is 1. The van der Waals surface area contributed by atoms with Crippen molar-refractivity contribution in [3.05, 3.63) is 80.2 Å². The van der Waals surface area contributed by atoms with Crippen LogP contribution in [0.15, 0.2) is 38.7 Å². The summed E-state index contributed by atoms with van der Waals surface area (Å²) in [5.74, 6) is 0.903. The Kier molecular flexibility index (Phi) is 14.9. The second-order valence-corrected chi connectivity index (χ2v) is 23.7. The Morgan fingerprint density at radius 3 is 1.44 bits per heavy atom. The van der Waals surface area contributed by atoms with E-state index >= 15 is 0 Å². The molecule has 0 aliphatic heterocycles. The first-order chi connectivity index (χ1) is 30.7. The Morgan fingerprint density at radius 1 is 0.682 bits per heavy atom. The van der Waals surface area contributed by atoms with Gasteiger partial charge in [-0.05, 0) is 163 Å². The molecule has 8 rings (SSSR count). The average Bonchev–Trinajstić information content (AvgIpc) is 4.06. The van der Waals surface area contributed by atoms with Gasteiger partial charge in [-0.25, -0.2) is 13.6 Å². The number of nitrogens with one attached hydrogen (secondary N) is 1. The summed E-state index contributed by atoms with van der Waals surface area (Å²) in [6.45, 7) is 11.9. The molecule has 2 unspecified atom stereocenters. The summed E-state index contributed by atoms with van der Waals surface area (Å²) in [6.07, 6.45) is 14.6. The molecule has 66 heavy (non-hydrogen) atoms. The zero-order chi connectivity index (χ0) is 48.7. The van der Waals surface area contributed by atoms with Gasteiger partial charge in [0.2, 0.25) is 0 Å². The number of aryl methyl sites for hydroxylation is 4. The number of aromatic nitrogens is 4. The number of hydrogen-bond acceptors (Lipinski definition) is 9. The molecule has 2 aromatic carbocycles.